The number of nitrogens with zero attached hydrogens (tertiary/aromatic N) is 4. The van der Waals surface area contributed by atoms with Crippen LogP contribution in [0.3, 0.4) is 0 Å². The number of carboxylic acids is 1. The van der Waals surface area contributed by atoms with Gasteiger partial charge in [-0.1, -0.05) is 16.9 Å². The van der Waals surface area contributed by atoms with E-state index in [0.717, 1.165) is 23.8 Å². The monoisotopic (exact) mass is 484 g/mol. The number of carboxylic acid groups (broad SMARTS) is 1. The Morgan fingerprint density at radius 1 is 1.44 bits per heavy atom. The second-order valence-corrected chi connectivity index (χ2v) is 8.43. The molecule has 1 fully saturated rings. The minimum atomic E-state index is -1.33. The number of rotatable bonds is 8. The number of carbonyl (C=O) groups excluding carboxylic acids is 3. The third kappa shape index (κ3) is 4.31. The van der Waals surface area contributed by atoms with Crippen LogP contribution < -0.4 is 16.4 Å². The molecule has 3 rings (SSSR count). The van der Waals surface area contributed by atoms with Gasteiger partial charge in [-0.2, -0.15) is 4.98 Å². The molecule has 0 aliphatic carbocycles. The molecule has 2 aliphatic heterocycles. The van der Waals surface area contributed by atoms with Crippen LogP contribution in [0.4, 0.5) is 0 Å². The number of nitrogens with one attached hydrogen (secondary N) is 2. The largest absolute Gasteiger partial charge is 0.477 e. The molecule has 0 aromatic carbocycles. The molecule has 0 spiro atoms. The zero-order chi connectivity index (χ0) is 23.6. The lowest BCUT2D eigenvalue weighted by Crippen LogP contribution is -2.71. The number of aromatic amines is 1. The number of aromatic nitrogens is 3. The van der Waals surface area contributed by atoms with Gasteiger partial charge in [0, 0.05) is 18.6 Å². The van der Waals surface area contributed by atoms with E-state index in [1.54, 1.807) is 0 Å². The van der Waals surface area contributed by atoms with Crippen LogP contribution in [0.1, 0.15) is 0 Å². The van der Waals surface area contributed by atoms with Crippen molar-refractivity contribution in [3.05, 3.63) is 32.0 Å². The minimum Gasteiger partial charge on any atom is -0.477 e. The highest BCUT2D eigenvalue weighted by molar-refractivity contribution is 8.01. The van der Waals surface area contributed by atoms with E-state index in [1.165, 1.54) is 23.5 Å². The molecule has 0 saturated carbocycles. The Labute approximate surface area is 187 Å². The summed E-state index contributed by atoms with van der Waals surface area (Å²) in [6, 6.07) is -1.04. The van der Waals surface area contributed by atoms with Crippen molar-refractivity contribution in [2.24, 2.45) is 12.2 Å². The lowest BCUT2D eigenvalue weighted by Gasteiger charge is -2.49. The molecule has 14 nitrogen and oxygen atoms in total. The van der Waals surface area contributed by atoms with Gasteiger partial charge in [-0.05, 0) is 5.57 Å². The highest BCUT2D eigenvalue weighted by Gasteiger charge is 2.54. The van der Waals surface area contributed by atoms with Crippen LogP contribution in [0, 0.1) is 0 Å². The number of β-lactam (4-membered cyclic amide) rings is 1. The summed E-state index contributed by atoms with van der Waals surface area (Å²) in [5.74, 6) is -2.61. The van der Waals surface area contributed by atoms with Gasteiger partial charge in [0.15, 0.2) is 11.4 Å². The number of carbonyl (C=O) groups is 4. The summed E-state index contributed by atoms with van der Waals surface area (Å²) < 4.78 is 1.24. The topological polar surface area (TPSA) is 193 Å². The number of H-pyrrole nitrogens is 1. The molecule has 1 aromatic rings. The highest BCUT2D eigenvalue weighted by Crippen LogP contribution is 2.41. The molecule has 32 heavy (non-hydrogen) atoms. The van der Waals surface area contributed by atoms with E-state index in [2.05, 4.69) is 25.4 Å². The maximum atomic E-state index is 12.6. The molecule has 2 amide bonds. The number of aliphatic carboxylic acids is 1. The molecule has 3 heterocycles. The normalized spacial score (nSPS) is 20.4. The average molecular weight is 484 g/mol. The van der Waals surface area contributed by atoms with Gasteiger partial charge in [0.25, 0.3) is 11.8 Å². The van der Waals surface area contributed by atoms with Gasteiger partial charge < -0.3 is 15.3 Å². The first-order valence-electron chi connectivity index (χ1n) is 8.77. The highest BCUT2D eigenvalue weighted by atomic mass is 32.2. The minimum absolute atomic E-state index is 0.0876. The van der Waals surface area contributed by atoms with Crippen molar-refractivity contribution in [3.63, 3.8) is 0 Å². The van der Waals surface area contributed by atoms with Gasteiger partial charge in [-0.15, -0.1) is 11.8 Å². The Morgan fingerprint density at radius 2 is 2.16 bits per heavy atom. The SMILES string of the molecule is CO/N=C(/C=O)C(=O)N[C@@H]1C(=O)N2C(C(=O)O)=C(CSc3nc(=O)c(=O)[nH]n3C)CS[C@H]12. The number of fused-ring (bicyclic) bond motifs is 1. The van der Waals surface area contributed by atoms with Crippen LogP contribution in [-0.2, 0) is 31.1 Å². The second kappa shape index (κ2) is 9.39. The first kappa shape index (κ1) is 23.3. The zero-order valence-electron chi connectivity index (χ0n) is 16.6. The van der Waals surface area contributed by atoms with Crippen LogP contribution in [0.2, 0.25) is 0 Å². The second-order valence-electron chi connectivity index (χ2n) is 6.38. The first-order chi connectivity index (χ1) is 15.2. The lowest BCUT2D eigenvalue weighted by atomic mass is 10.0. The van der Waals surface area contributed by atoms with Gasteiger partial charge in [0.05, 0.1) is 0 Å². The smallest absolute Gasteiger partial charge is 0.352 e. The molecular weight excluding hydrogens is 468 g/mol. The number of aryl methyl sites for hydroxylation is 1. The Morgan fingerprint density at radius 3 is 2.78 bits per heavy atom. The van der Waals surface area contributed by atoms with Crippen LogP contribution in [0.5, 0.6) is 0 Å². The number of amides is 2. The summed E-state index contributed by atoms with van der Waals surface area (Å²) in [6.45, 7) is 0. The number of oxime groups is 1. The molecule has 3 N–H and O–H groups in total. The maximum Gasteiger partial charge on any atom is 0.352 e. The summed E-state index contributed by atoms with van der Waals surface area (Å²) in [7, 11) is 2.62. The van der Waals surface area contributed by atoms with Crippen molar-refractivity contribution in [1.29, 1.82) is 0 Å². The molecule has 170 valence electrons. The maximum absolute atomic E-state index is 12.6. The van der Waals surface area contributed by atoms with E-state index < -0.39 is 46.0 Å². The fourth-order valence-corrected chi connectivity index (χ4v) is 5.37. The zero-order valence-corrected chi connectivity index (χ0v) is 18.2. The average Bonchev–Trinajstić information content (AvgIpc) is 2.76. The van der Waals surface area contributed by atoms with Crippen molar-refractivity contribution >= 4 is 53.3 Å². The van der Waals surface area contributed by atoms with Crippen LogP contribution in [-0.4, -0.2) is 84.6 Å². The summed E-state index contributed by atoms with van der Waals surface area (Å²) in [4.78, 5) is 79.4. The molecule has 0 bridgehead atoms. The van der Waals surface area contributed by atoms with E-state index in [4.69, 9.17) is 0 Å². The molecular formula is C16H16N6O8S2. The molecule has 0 unspecified atom stereocenters. The van der Waals surface area contributed by atoms with E-state index in [0.29, 0.717) is 5.57 Å². The predicted octanol–water partition coefficient (Wildman–Crippen LogP) is -2.50. The molecule has 1 saturated heterocycles. The Kier molecular flexibility index (Phi) is 6.83. The fourth-order valence-electron chi connectivity index (χ4n) is 2.97. The van der Waals surface area contributed by atoms with Crippen molar-refractivity contribution in [2.45, 2.75) is 16.6 Å². The third-order valence-corrected chi connectivity index (χ3v) is 6.85. The van der Waals surface area contributed by atoms with Crippen molar-refractivity contribution in [1.82, 2.24) is 25.0 Å². The molecule has 2 aliphatic rings. The van der Waals surface area contributed by atoms with Crippen molar-refractivity contribution in [2.75, 3.05) is 18.6 Å². The molecule has 0 radical (unpaired) electrons. The summed E-state index contributed by atoms with van der Waals surface area (Å²) >= 11 is 2.24. The van der Waals surface area contributed by atoms with Gasteiger partial charge >= 0.3 is 17.1 Å². The standard InChI is InChI=1S/C16H16N6O8S2/c1-21-16(18-11(25)12(26)19-21)32-5-6-4-31-14-8(13(27)22(14)9(6)15(28)29)17-10(24)7(3-23)20-30-2/h3,8,14H,4-5H2,1-2H3,(H,17,24)(H,19,26)(H,28,29)/b20-7-/t8-,14-/m1/s1. The van der Waals surface area contributed by atoms with Crippen LogP contribution >= 0.6 is 23.5 Å². The molecule has 2 atom stereocenters. The third-order valence-electron chi connectivity index (χ3n) is 4.39. The predicted molar refractivity (Wildman–Crippen MR) is 111 cm³/mol. The molecule has 1 aromatic heterocycles. The first-order valence-corrected chi connectivity index (χ1v) is 10.8. The number of hydrogen-bond acceptors (Lipinski definition) is 11. The van der Waals surface area contributed by atoms with Crippen molar-refractivity contribution < 1.29 is 29.1 Å². The Hall–Kier alpha value is -3.40. The lowest BCUT2D eigenvalue weighted by molar-refractivity contribution is -0.150. The summed E-state index contributed by atoms with van der Waals surface area (Å²) in [5.41, 5.74) is -2.25. The van der Waals surface area contributed by atoms with Gasteiger partial charge in [0.2, 0.25) is 5.71 Å². The summed E-state index contributed by atoms with van der Waals surface area (Å²) in [5, 5.41) is 17.1. The molecule has 16 heteroatoms. The van der Waals surface area contributed by atoms with Gasteiger partial charge in [0.1, 0.15) is 24.2 Å². The van der Waals surface area contributed by atoms with E-state index in [-0.39, 0.29) is 28.6 Å². The quantitative estimate of drug-likeness (QED) is 0.0671. The van der Waals surface area contributed by atoms with E-state index >= 15 is 0 Å². The van der Waals surface area contributed by atoms with Gasteiger partial charge in [-0.25, -0.2) is 4.79 Å². The number of thioether (sulfide) groups is 2. The van der Waals surface area contributed by atoms with Gasteiger partial charge in [-0.3, -0.25) is 38.7 Å². The van der Waals surface area contributed by atoms with E-state index in [9.17, 15) is 33.9 Å². The van der Waals surface area contributed by atoms with Crippen molar-refractivity contribution in [3.8, 4) is 0 Å². The fraction of sp³-hybridized carbons (Fsp3) is 0.375. The van der Waals surface area contributed by atoms with E-state index in [1.807, 2.05) is 0 Å². The number of aldehydes is 1. The number of hydrogen-bond donors (Lipinski definition) is 3. The van der Waals surface area contributed by atoms with Crippen LogP contribution in [0.25, 0.3) is 0 Å². The summed E-state index contributed by atoms with van der Waals surface area (Å²) in [6.07, 6.45) is 0.170. The Bertz CT molecular complexity index is 1170. The van der Waals surface area contributed by atoms with Crippen LogP contribution in [0.15, 0.2) is 31.2 Å². The Balaban J connectivity index is 1.79.